The first-order chi connectivity index (χ1) is 9.44. The highest BCUT2D eigenvalue weighted by atomic mass is 79.9. The van der Waals surface area contributed by atoms with Gasteiger partial charge in [0.2, 0.25) is 0 Å². The Bertz CT molecular complexity index is 739. The lowest BCUT2D eigenvalue weighted by Crippen LogP contribution is -2.14. The third-order valence-electron chi connectivity index (χ3n) is 2.39. The number of anilines is 1. The van der Waals surface area contributed by atoms with Gasteiger partial charge in [-0.2, -0.15) is 0 Å². The van der Waals surface area contributed by atoms with Crippen LogP contribution in [0.5, 0.6) is 0 Å². The molecule has 5 nitrogen and oxygen atoms in total. The van der Waals surface area contributed by atoms with Crippen LogP contribution in [-0.4, -0.2) is 21.5 Å². The molecular weight excluding hydrogens is 366 g/mol. The molecule has 106 valence electrons. The van der Waals surface area contributed by atoms with Crippen molar-refractivity contribution in [1.82, 2.24) is 0 Å². The van der Waals surface area contributed by atoms with Gasteiger partial charge in [0.05, 0.1) is 17.7 Å². The average molecular weight is 376 g/mol. The SMILES string of the molecule is COC(=O)c1sccc1NS(=O)(=O)c1cccc(Br)c1. The van der Waals surface area contributed by atoms with Gasteiger partial charge in [-0.1, -0.05) is 22.0 Å². The van der Waals surface area contributed by atoms with E-state index >= 15 is 0 Å². The van der Waals surface area contributed by atoms with Gasteiger partial charge in [0, 0.05) is 4.47 Å². The zero-order valence-corrected chi connectivity index (χ0v) is 13.5. The van der Waals surface area contributed by atoms with Crippen molar-refractivity contribution in [2.24, 2.45) is 0 Å². The number of benzene rings is 1. The van der Waals surface area contributed by atoms with Gasteiger partial charge in [0.15, 0.2) is 0 Å². The zero-order chi connectivity index (χ0) is 14.8. The Labute approximate surface area is 128 Å². The van der Waals surface area contributed by atoms with Crippen LogP contribution in [0.3, 0.4) is 0 Å². The molecule has 0 aliphatic rings. The second-order valence-electron chi connectivity index (χ2n) is 3.72. The molecule has 0 fully saturated rings. The maximum Gasteiger partial charge on any atom is 0.350 e. The van der Waals surface area contributed by atoms with Crippen LogP contribution in [0.2, 0.25) is 0 Å². The first kappa shape index (κ1) is 15.0. The smallest absolute Gasteiger partial charge is 0.350 e. The molecule has 0 saturated carbocycles. The summed E-state index contributed by atoms with van der Waals surface area (Å²) in [5.41, 5.74) is 0.210. The van der Waals surface area contributed by atoms with Gasteiger partial charge in [-0.25, -0.2) is 13.2 Å². The molecule has 0 unspecified atom stereocenters. The lowest BCUT2D eigenvalue weighted by molar-refractivity contribution is 0.0607. The highest BCUT2D eigenvalue weighted by molar-refractivity contribution is 9.10. The normalized spacial score (nSPS) is 11.1. The van der Waals surface area contributed by atoms with Crippen LogP contribution >= 0.6 is 27.3 Å². The number of hydrogen-bond donors (Lipinski definition) is 1. The predicted octanol–water partition coefficient (Wildman–Crippen LogP) is 3.10. The Morgan fingerprint density at radius 1 is 1.35 bits per heavy atom. The number of halogens is 1. The van der Waals surface area contributed by atoms with Crippen LogP contribution in [0.15, 0.2) is 45.1 Å². The fourth-order valence-electron chi connectivity index (χ4n) is 1.48. The molecule has 1 N–H and O–H groups in total. The summed E-state index contributed by atoms with van der Waals surface area (Å²) >= 11 is 4.33. The number of nitrogens with one attached hydrogen (secondary N) is 1. The summed E-state index contributed by atoms with van der Waals surface area (Å²) in [6, 6.07) is 7.81. The Morgan fingerprint density at radius 2 is 2.10 bits per heavy atom. The molecule has 8 heteroatoms. The number of ether oxygens (including phenoxy) is 1. The number of rotatable bonds is 4. The van der Waals surface area contributed by atoms with Crippen LogP contribution in [-0.2, 0) is 14.8 Å². The van der Waals surface area contributed by atoms with Crippen molar-refractivity contribution >= 4 is 48.9 Å². The molecule has 0 spiro atoms. The number of esters is 1. The second kappa shape index (κ2) is 5.94. The minimum absolute atomic E-state index is 0.105. The fraction of sp³-hybridized carbons (Fsp3) is 0.0833. The highest BCUT2D eigenvalue weighted by Crippen LogP contribution is 2.26. The summed E-state index contributed by atoms with van der Waals surface area (Å²) in [6.45, 7) is 0. The summed E-state index contributed by atoms with van der Waals surface area (Å²) < 4.78 is 32.1. The number of carbonyl (C=O) groups is 1. The maximum atomic E-state index is 12.2. The summed E-state index contributed by atoms with van der Waals surface area (Å²) in [6.07, 6.45) is 0. The molecule has 0 bridgehead atoms. The second-order valence-corrected chi connectivity index (χ2v) is 7.23. The van der Waals surface area contributed by atoms with Gasteiger partial charge in [-0.15, -0.1) is 11.3 Å². The van der Waals surface area contributed by atoms with Gasteiger partial charge in [-0.05, 0) is 29.6 Å². The predicted molar refractivity (Wildman–Crippen MR) is 80.6 cm³/mol. The summed E-state index contributed by atoms with van der Waals surface area (Å²) in [4.78, 5) is 11.8. The van der Waals surface area contributed by atoms with Crippen LogP contribution in [0.4, 0.5) is 5.69 Å². The van der Waals surface area contributed by atoms with Crippen molar-refractivity contribution in [2.45, 2.75) is 4.90 Å². The van der Waals surface area contributed by atoms with Crippen molar-refractivity contribution in [1.29, 1.82) is 0 Å². The highest BCUT2D eigenvalue weighted by Gasteiger charge is 2.20. The molecule has 0 atom stereocenters. The van der Waals surface area contributed by atoms with E-state index in [2.05, 4.69) is 25.4 Å². The summed E-state index contributed by atoms with van der Waals surface area (Å²) in [5.74, 6) is -0.577. The van der Waals surface area contributed by atoms with Crippen molar-refractivity contribution in [3.63, 3.8) is 0 Å². The zero-order valence-electron chi connectivity index (χ0n) is 10.3. The van der Waals surface area contributed by atoms with Gasteiger partial charge in [0.25, 0.3) is 10.0 Å². The minimum Gasteiger partial charge on any atom is -0.465 e. The molecule has 0 saturated heterocycles. The molecule has 1 aromatic heterocycles. The Kier molecular flexibility index (Phi) is 4.46. The van der Waals surface area contributed by atoms with Gasteiger partial charge in [0.1, 0.15) is 4.88 Å². The first-order valence-electron chi connectivity index (χ1n) is 5.38. The molecule has 0 aliphatic heterocycles. The average Bonchev–Trinajstić information content (AvgIpc) is 2.85. The summed E-state index contributed by atoms with van der Waals surface area (Å²) in [7, 11) is -2.51. The van der Waals surface area contributed by atoms with Crippen LogP contribution in [0, 0.1) is 0 Å². The third kappa shape index (κ3) is 3.20. The van der Waals surface area contributed by atoms with Gasteiger partial charge >= 0.3 is 5.97 Å². The van der Waals surface area contributed by atoms with Crippen LogP contribution in [0.25, 0.3) is 0 Å². The molecule has 0 aliphatic carbocycles. The Balaban J connectivity index is 2.34. The van der Waals surface area contributed by atoms with E-state index in [1.165, 1.54) is 25.3 Å². The first-order valence-corrected chi connectivity index (χ1v) is 8.54. The Hall–Kier alpha value is -1.38. The van der Waals surface area contributed by atoms with E-state index in [9.17, 15) is 13.2 Å². The van der Waals surface area contributed by atoms with Gasteiger partial charge in [-0.3, -0.25) is 4.72 Å². The molecule has 0 amide bonds. The standard InChI is InChI=1S/C12H10BrNO4S2/c1-18-12(15)11-10(5-6-19-11)14-20(16,17)9-4-2-3-8(13)7-9/h2-7,14H,1H3. The third-order valence-corrected chi connectivity index (χ3v) is 5.14. The van der Waals surface area contributed by atoms with E-state index in [0.29, 0.717) is 4.47 Å². The van der Waals surface area contributed by atoms with E-state index < -0.39 is 16.0 Å². The molecular formula is C12H10BrNO4S2. The number of hydrogen-bond acceptors (Lipinski definition) is 5. The van der Waals surface area contributed by atoms with E-state index in [1.807, 2.05) is 0 Å². The molecule has 1 aromatic carbocycles. The largest absolute Gasteiger partial charge is 0.465 e. The van der Waals surface area contributed by atoms with Crippen molar-refractivity contribution < 1.29 is 17.9 Å². The molecule has 20 heavy (non-hydrogen) atoms. The number of thiophene rings is 1. The topological polar surface area (TPSA) is 72.5 Å². The number of methoxy groups -OCH3 is 1. The molecule has 1 heterocycles. The quantitative estimate of drug-likeness (QED) is 0.833. The number of carbonyl (C=O) groups excluding carboxylic acids is 1. The molecule has 2 aromatic rings. The number of sulfonamides is 1. The van der Waals surface area contributed by atoms with Crippen LogP contribution in [0.1, 0.15) is 9.67 Å². The lowest BCUT2D eigenvalue weighted by Gasteiger charge is -2.08. The fourth-order valence-corrected chi connectivity index (χ4v) is 3.98. The van der Waals surface area contributed by atoms with Crippen molar-refractivity contribution in [3.8, 4) is 0 Å². The Morgan fingerprint density at radius 3 is 2.75 bits per heavy atom. The lowest BCUT2D eigenvalue weighted by atomic mass is 10.4. The minimum atomic E-state index is -3.75. The van der Waals surface area contributed by atoms with Gasteiger partial charge < -0.3 is 4.74 Å². The monoisotopic (exact) mass is 375 g/mol. The van der Waals surface area contributed by atoms with Crippen molar-refractivity contribution in [2.75, 3.05) is 11.8 Å². The van der Waals surface area contributed by atoms with E-state index in [1.54, 1.807) is 17.5 Å². The van der Waals surface area contributed by atoms with E-state index in [4.69, 9.17) is 0 Å². The molecule has 0 radical (unpaired) electrons. The van der Waals surface area contributed by atoms with E-state index in [0.717, 1.165) is 11.3 Å². The maximum absolute atomic E-state index is 12.2. The van der Waals surface area contributed by atoms with Crippen molar-refractivity contribution in [3.05, 3.63) is 45.1 Å². The van der Waals surface area contributed by atoms with Crippen LogP contribution < -0.4 is 4.72 Å². The molecule has 2 rings (SSSR count). The van der Waals surface area contributed by atoms with E-state index in [-0.39, 0.29) is 15.5 Å². The summed E-state index contributed by atoms with van der Waals surface area (Å²) in [5, 5.41) is 1.62.